The predicted molar refractivity (Wildman–Crippen MR) is 84.8 cm³/mol. The fourth-order valence-corrected chi connectivity index (χ4v) is 3.00. The van der Waals surface area contributed by atoms with Crippen LogP contribution in [0.4, 0.5) is 0 Å². The zero-order valence-electron chi connectivity index (χ0n) is 11.8. The average molecular weight is 322 g/mol. The van der Waals surface area contributed by atoms with Crippen molar-refractivity contribution < 1.29 is 19.1 Å². The Labute approximate surface area is 131 Å². The standard InChI is InChI=1S/C17H6O7/c18-5-6-1-10-8(2-7(6)15(20)21)9-3-12-13(4-11(9)14(10)19)17(23)24-16(12)22/h1-5H,(H,20,21). The molecule has 0 saturated carbocycles. The summed E-state index contributed by atoms with van der Waals surface area (Å²) in [5, 5.41) is 10.2. The van der Waals surface area contributed by atoms with Gasteiger partial charge >= 0.3 is 17.2 Å². The number of carboxylic acids is 1. The van der Waals surface area contributed by atoms with E-state index >= 15 is 0 Å². The van der Waals surface area contributed by atoms with Crippen molar-refractivity contribution in [1.29, 1.82) is 0 Å². The van der Waals surface area contributed by atoms with Gasteiger partial charge in [0, 0.05) is 16.3 Å². The molecular weight excluding hydrogens is 316 g/mol. The molecule has 0 bridgehead atoms. The predicted octanol–water partition coefficient (Wildman–Crippen LogP) is 1.21. The third-order valence-electron chi connectivity index (χ3n) is 4.11. The van der Waals surface area contributed by atoms with Crippen LogP contribution in [-0.2, 0) is 0 Å². The summed E-state index contributed by atoms with van der Waals surface area (Å²) in [7, 11) is 0. The molecule has 4 rings (SSSR count). The number of carboxylic acid groups (broad SMARTS) is 1. The number of carbonyl (C=O) groups excluding carboxylic acids is 1. The Hall–Kier alpha value is -3.61. The summed E-state index contributed by atoms with van der Waals surface area (Å²) in [5.74, 6) is -1.31. The molecule has 0 aliphatic heterocycles. The van der Waals surface area contributed by atoms with Gasteiger partial charge in [-0.25, -0.2) is 14.4 Å². The topological polar surface area (TPSA) is 119 Å². The van der Waals surface area contributed by atoms with Gasteiger partial charge in [-0.15, -0.1) is 0 Å². The van der Waals surface area contributed by atoms with Crippen molar-refractivity contribution in [3.63, 3.8) is 0 Å². The van der Waals surface area contributed by atoms with Crippen LogP contribution in [0.5, 0.6) is 0 Å². The van der Waals surface area contributed by atoms with Gasteiger partial charge in [-0.2, -0.15) is 0 Å². The highest BCUT2D eigenvalue weighted by atomic mass is 16.4. The van der Waals surface area contributed by atoms with Crippen LogP contribution in [0.15, 0.2) is 43.1 Å². The summed E-state index contributed by atoms with van der Waals surface area (Å²) in [5.41, 5.74) is -2.47. The fourth-order valence-electron chi connectivity index (χ4n) is 3.00. The first kappa shape index (κ1) is 14.0. The summed E-state index contributed by atoms with van der Waals surface area (Å²) < 4.78 is 4.50. The summed E-state index contributed by atoms with van der Waals surface area (Å²) in [4.78, 5) is 58.2. The van der Waals surface area contributed by atoms with Crippen molar-refractivity contribution in [3.05, 3.63) is 66.5 Å². The van der Waals surface area contributed by atoms with E-state index in [2.05, 4.69) is 4.42 Å². The highest BCUT2D eigenvalue weighted by molar-refractivity contribution is 6.17. The van der Waals surface area contributed by atoms with Crippen LogP contribution in [0.1, 0.15) is 20.7 Å². The largest absolute Gasteiger partial charge is 0.478 e. The van der Waals surface area contributed by atoms with E-state index in [4.69, 9.17) is 0 Å². The Morgan fingerprint density at radius 3 is 1.96 bits per heavy atom. The normalized spacial score (nSPS) is 11.5. The number of aromatic carboxylic acids is 1. The maximum atomic E-state index is 12.5. The minimum Gasteiger partial charge on any atom is -0.478 e. The van der Waals surface area contributed by atoms with Crippen molar-refractivity contribution >= 4 is 44.6 Å². The quantitative estimate of drug-likeness (QED) is 0.551. The van der Waals surface area contributed by atoms with Crippen LogP contribution in [0.2, 0.25) is 0 Å². The zero-order valence-corrected chi connectivity index (χ0v) is 11.8. The van der Waals surface area contributed by atoms with Crippen LogP contribution in [0.3, 0.4) is 0 Å². The number of furan rings is 1. The number of carbonyl (C=O) groups is 2. The molecule has 1 heterocycles. The lowest BCUT2D eigenvalue weighted by Gasteiger charge is -2.00. The number of fused-ring (bicyclic) bond motifs is 4. The summed E-state index contributed by atoms with van der Waals surface area (Å²) >= 11 is 0. The van der Waals surface area contributed by atoms with E-state index in [9.17, 15) is 29.1 Å². The molecule has 1 N–H and O–H groups in total. The fraction of sp³-hybridized carbons (Fsp3) is 0. The second-order valence-corrected chi connectivity index (χ2v) is 5.36. The van der Waals surface area contributed by atoms with E-state index in [-0.39, 0.29) is 32.7 Å². The molecule has 0 amide bonds. The summed E-state index contributed by atoms with van der Waals surface area (Å²) in [6.07, 6.45) is 0.362. The first-order valence-electron chi connectivity index (χ1n) is 6.78. The number of benzene rings is 2. The maximum absolute atomic E-state index is 12.5. The Bertz CT molecular complexity index is 1350. The third kappa shape index (κ3) is 1.63. The van der Waals surface area contributed by atoms with Crippen LogP contribution in [-0.4, -0.2) is 17.4 Å². The number of aldehydes is 1. The van der Waals surface area contributed by atoms with E-state index in [1.54, 1.807) is 0 Å². The van der Waals surface area contributed by atoms with Crippen molar-refractivity contribution in [1.82, 2.24) is 0 Å². The van der Waals surface area contributed by atoms with E-state index < -0.39 is 22.6 Å². The van der Waals surface area contributed by atoms with Gasteiger partial charge in [0.15, 0.2) is 11.7 Å². The van der Waals surface area contributed by atoms with Crippen LogP contribution < -0.4 is 16.7 Å². The Morgan fingerprint density at radius 1 is 0.833 bits per heavy atom. The molecule has 0 saturated heterocycles. The molecule has 0 atom stereocenters. The van der Waals surface area contributed by atoms with E-state index in [1.165, 1.54) is 24.3 Å². The molecular formula is C17H6O7. The highest BCUT2D eigenvalue weighted by Gasteiger charge is 2.19. The lowest BCUT2D eigenvalue weighted by atomic mass is 10.0. The van der Waals surface area contributed by atoms with Crippen molar-refractivity contribution in [2.45, 2.75) is 0 Å². The van der Waals surface area contributed by atoms with Crippen molar-refractivity contribution in [3.8, 4) is 0 Å². The van der Waals surface area contributed by atoms with Gasteiger partial charge in [-0.05, 0) is 35.0 Å². The molecule has 7 heteroatoms. The molecule has 4 aromatic rings. The van der Waals surface area contributed by atoms with Crippen LogP contribution in [0, 0.1) is 0 Å². The van der Waals surface area contributed by atoms with Gasteiger partial charge < -0.3 is 9.52 Å². The third-order valence-corrected chi connectivity index (χ3v) is 4.11. The number of hydrogen-bond acceptors (Lipinski definition) is 6. The minimum atomic E-state index is -1.31. The number of rotatable bonds is 2. The van der Waals surface area contributed by atoms with Gasteiger partial charge in [-0.1, -0.05) is 0 Å². The Kier molecular flexibility index (Phi) is 2.60. The van der Waals surface area contributed by atoms with Crippen LogP contribution >= 0.6 is 0 Å². The van der Waals surface area contributed by atoms with Gasteiger partial charge in [0.2, 0.25) is 0 Å². The smallest absolute Gasteiger partial charge is 0.346 e. The number of hydrogen-bond donors (Lipinski definition) is 1. The van der Waals surface area contributed by atoms with Gasteiger partial charge in [0.05, 0.1) is 16.3 Å². The van der Waals surface area contributed by atoms with E-state index in [1.807, 2.05) is 0 Å². The Morgan fingerprint density at radius 2 is 1.38 bits per heavy atom. The molecule has 0 radical (unpaired) electrons. The SMILES string of the molecule is O=Cc1cc2c(=O)c3cc4c(=O)oc(=O)c4cc3c2cc1C(=O)O. The first-order valence-corrected chi connectivity index (χ1v) is 6.78. The second-order valence-electron chi connectivity index (χ2n) is 5.36. The van der Waals surface area contributed by atoms with Crippen molar-refractivity contribution in [2.24, 2.45) is 0 Å². The minimum absolute atomic E-state index is 0.00558. The Balaban J connectivity index is 2.30. The highest BCUT2D eigenvalue weighted by Crippen LogP contribution is 2.29. The monoisotopic (exact) mass is 322 g/mol. The lowest BCUT2D eigenvalue weighted by Crippen LogP contribution is -2.03. The van der Waals surface area contributed by atoms with Gasteiger partial charge in [0.25, 0.3) is 0 Å². The first-order chi connectivity index (χ1) is 11.4. The summed E-state index contributed by atoms with van der Waals surface area (Å²) in [6.45, 7) is 0. The van der Waals surface area contributed by atoms with Crippen molar-refractivity contribution in [2.75, 3.05) is 0 Å². The molecule has 116 valence electrons. The van der Waals surface area contributed by atoms with Gasteiger partial charge in [-0.3, -0.25) is 9.59 Å². The second kappa shape index (κ2) is 4.45. The molecule has 0 spiro atoms. The molecule has 0 aliphatic carbocycles. The molecule has 24 heavy (non-hydrogen) atoms. The summed E-state index contributed by atoms with van der Waals surface area (Å²) in [6, 6.07) is 5.04. The average Bonchev–Trinajstić information content (AvgIpc) is 2.99. The molecule has 1 aromatic heterocycles. The van der Waals surface area contributed by atoms with Gasteiger partial charge in [0.1, 0.15) is 0 Å². The lowest BCUT2D eigenvalue weighted by molar-refractivity contribution is 0.0694. The zero-order chi connectivity index (χ0) is 17.2. The van der Waals surface area contributed by atoms with Crippen LogP contribution in [0.25, 0.3) is 32.3 Å². The molecule has 0 aliphatic rings. The van der Waals surface area contributed by atoms with E-state index in [0.29, 0.717) is 17.1 Å². The molecule has 0 unspecified atom stereocenters. The maximum Gasteiger partial charge on any atom is 0.346 e. The molecule has 3 aromatic carbocycles. The molecule has 0 fully saturated rings. The van der Waals surface area contributed by atoms with E-state index in [0.717, 1.165) is 0 Å². The molecule has 7 nitrogen and oxygen atoms in total.